The van der Waals surface area contributed by atoms with E-state index in [1.807, 2.05) is 0 Å². The van der Waals surface area contributed by atoms with E-state index in [2.05, 4.69) is 46.8 Å². The van der Waals surface area contributed by atoms with Gasteiger partial charge in [-0.2, -0.15) is 0 Å². The van der Waals surface area contributed by atoms with Crippen LogP contribution in [0.2, 0.25) is 0 Å². The molecule has 0 atom stereocenters. The van der Waals surface area contributed by atoms with Crippen molar-refractivity contribution >= 4 is 23.5 Å². The van der Waals surface area contributed by atoms with Gasteiger partial charge in [0, 0.05) is 0 Å². The summed E-state index contributed by atoms with van der Waals surface area (Å²) in [6.45, 7) is 11.0. The van der Waals surface area contributed by atoms with E-state index in [0.29, 0.717) is 5.75 Å². The minimum atomic E-state index is 0.122. The lowest BCUT2D eigenvalue weighted by molar-refractivity contribution is 0.446. The Bertz CT molecular complexity index is 379. The summed E-state index contributed by atoms with van der Waals surface area (Å²) in [5, 5.41) is 10.4. The van der Waals surface area contributed by atoms with Crippen LogP contribution < -0.4 is 0 Å². The molecule has 0 spiro atoms. The van der Waals surface area contributed by atoms with Gasteiger partial charge in [0.05, 0.1) is 9.79 Å². The van der Waals surface area contributed by atoms with Crippen LogP contribution in [-0.4, -0.2) is 16.6 Å². The maximum Gasteiger partial charge on any atom is 0.142 e. The summed E-state index contributed by atoms with van der Waals surface area (Å²) in [4.78, 5) is 2.07. The number of benzene rings is 1. The molecule has 0 heterocycles. The number of phenols is 1. The van der Waals surface area contributed by atoms with Crippen molar-refractivity contribution < 1.29 is 5.11 Å². The Labute approximate surface area is 126 Å². The molecular weight excluding hydrogens is 272 g/mol. The lowest BCUT2D eigenvalue weighted by Crippen LogP contribution is -2.11. The first-order valence-electron chi connectivity index (χ1n) is 7.03. The standard InChI is InChI=1S/C16H26OS2/c1-6-8-18-13-10-12(16(3,4)5)11-14(15(13)17)19-9-7-2/h10-11,17H,6-9H2,1-5H3. The number of aromatic hydroxyl groups is 1. The third-order valence-corrected chi connectivity index (χ3v) is 5.30. The largest absolute Gasteiger partial charge is 0.506 e. The molecule has 0 aliphatic carbocycles. The Balaban J connectivity index is 3.14. The Morgan fingerprint density at radius 3 is 1.68 bits per heavy atom. The molecular formula is C16H26OS2. The third kappa shape index (κ3) is 4.96. The monoisotopic (exact) mass is 298 g/mol. The number of hydrogen-bond donors (Lipinski definition) is 1. The Hall–Kier alpha value is -0.280. The van der Waals surface area contributed by atoms with E-state index >= 15 is 0 Å². The van der Waals surface area contributed by atoms with Gasteiger partial charge >= 0.3 is 0 Å². The second-order valence-electron chi connectivity index (χ2n) is 5.77. The molecule has 0 aromatic heterocycles. The van der Waals surface area contributed by atoms with Gasteiger partial charge in [-0.15, -0.1) is 23.5 Å². The predicted octanol–water partition coefficient (Wildman–Crippen LogP) is 5.69. The van der Waals surface area contributed by atoms with Crippen molar-refractivity contribution in [2.24, 2.45) is 0 Å². The van der Waals surface area contributed by atoms with Gasteiger partial charge in [-0.1, -0.05) is 34.6 Å². The van der Waals surface area contributed by atoms with Crippen LogP contribution in [0.25, 0.3) is 0 Å². The second-order valence-corrected chi connectivity index (χ2v) is 8.04. The molecule has 0 aliphatic heterocycles. The van der Waals surface area contributed by atoms with Crippen molar-refractivity contribution in [1.82, 2.24) is 0 Å². The molecule has 0 saturated carbocycles. The molecule has 0 amide bonds. The van der Waals surface area contributed by atoms with Crippen LogP contribution in [0.3, 0.4) is 0 Å². The maximum absolute atomic E-state index is 10.4. The minimum Gasteiger partial charge on any atom is -0.506 e. The van der Waals surface area contributed by atoms with Crippen molar-refractivity contribution in [1.29, 1.82) is 0 Å². The van der Waals surface area contributed by atoms with Gasteiger partial charge in [-0.3, -0.25) is 0 Å². The summed E-state index contributed by atoms with van der Waals surface area (Å²) in [7, 11) is 0. The van der Waals surface area contributed by atoms with Crippen LogP contribution >= 0.6 is 23.5 Å². The quantitative estimate of drug-likeness (QED) is 0.681. The predicted molar refractivity (Wildman–Crippen MR) is 88.8 cm³/mol. The Kier molecular flexibility index (Phi) is 6.61. The van der Waals surface area contributed by atoms with E-state index in [0.717, 1.165) is 34.1 Å². The molecule has 1 rings (SSSR count). The Morgan fingerprint density at radius 1 is 0.947 bits per heavy atom. The van der Waals surface area contributed by atoms with Gasteiger partial charge in [0.15, 0.2) is 0 Å². The van der Waals surface area contributed by atoms with Crippen LogP contribution in [0.4, 0.5) is 0 Å². The van der Waals surface area contributed by atoms with E-state index in [-0.39, 0.29) is 5.41 Å². The summed E-state index contributed by atoms with van der Waals surface area (Å²) in [6.07, 6.45) is 2.25. The molecule has 3 heteroatoms. The lowest BCUT2D eigenvalue weighted by atomic mass is 9.87. The fourth-order valence-corrected chi connectivity index (χ4v) is 3.49. The number of thioether (sulfide) groups is 2. The molecule has 0 aliphatic rings. The number of rotatable bonds is 6. The van der Waals surface area contributed by atoms with Gasteiger partial charge in [-0.25, -0.2) is 0 Å². The topological polar surface area (TPSA) is 20.2 Å². The molecule has 0 radical (unpaired) electrons. The van der Waals surface area contributed by atoms with E-state index in [9.17, 15) is 5.11 Å². The lowest BCUT2D eigenvalue weighted by Gasteiger charge is -2.22. The highest BCUT2D eigenvalue weighted by Gasteiger charge is 2.19. The van der Waals surface area contributed by atoms with Crippen LogP contribution in [0.1, 0.15) is 53.0 Å². The normalized spacial score (nSPS) is 11.8. The third-order valence-electron chi connectivity index (χ3n) is 2.83. The molecule has 1 nitrogen and oxygen atoms in total. The van der Waals surface area contributed by atoms with E-state index in [1.54, 1.807) is 23.5 Å². The van der Waals surface area contributed by atoms with Gasteiger partial charge < -0.3 is 5.11 Å². The fourth-order valence-electron chi connectivity index (χ4n) is 1.66. The Morgan fingerprint density at radius 2 is 1.37 bits per heavy atom. The van der Waals surface area contributed by atoms with Gasteiger partial charge in [0.2, 0.25) is 0 Å². The smallest absolute Gasteiger partial charge is 0.142 e. The zero-order valence-electron chi connectivity index (χ0n) is 12.7. The molecule has 1 aromatic carbocycles. The van der Waals surface area contributed by atoms with Gasteiger partial charge in [0.25, 0.3) is 0 Å². The summed E-state index contributed by atoms with van der Waals surface area (Å²) < 4.78 is 0. The van der Waals surface area contributed by atoms with Gasteiger partial charge in [0.1, 0.15) is 5.75 Å². The zero-order valence-corrected chi connectivity index (χ0v) is 14.4. The number of hydrogen-bond acceptors (Lipinski definition) is 3. The SMILES string of the molecule is CCCSc1cc(C(C)(C)C)cc(SCCC)c1O. The van der Waals surface area contributed by atoms with Gasteiger partial charge in [-0.05, 0) is 47.5 Å². The summed E-state index contributed by atoms with van der Waals surface area (Å²) in [5.41, 5.74) is 1.43. The summed E-state index contributed by atoms with van der Waals surface area (Å²) in [6, 6.07) is 4.32. The van der Waals surface area contributed by atoms with E-state index in [1.165, 1.54) is 5.56 Å². The molecule has 0 unspecified atom stereocenters. The molecule has 108 valence electrons. The van der Waals surface area contributed by atoms with Crippen LogP contribution in [0.5, 0.6) is 5.75 Å². The average Bonchev–Trinajstić information content (AvgIpc) is 2.34. The molecule has 0 saturated heterocycles. The molecule has 1 aromatic rings. The summed E-state index contributed by atoms with van der Waals surface area (Å²) >= 11 is 3.52. The highest BCUT2D eigenvalue weighted by atomic mass is 32.2. The zero-order chi connectivity index (χ0) is 14.5. The first-order chi connectivity index (χ1) is 8.90. The van der Waals surface area contributed by atoms with Crippen LogP contribution in [-0.2, 0) is 5.41 Å². The van der Waals surface area contributed by atoms with E-state index in [4.69, 9.17) is 0 Å². The maximum atomic E-state index is 10.4. The molecule has 0 fully saturated rings. The van der Waals surface area contributed by atoms with Crippen molar-refractivity contribution in [2.75, 3.05) is 11.5 Å². The van der Waals surface area contributed by atoms with Crippen molar-refractivity contribution in [3.63, 3.8) is 0 Å². The highest BCUT2D eigenvalue weighted by Crippen LogP contribution is 2.41. The first-order valence-corrected chi connectivity index (χ1v) is 9.00. The molecule has 0 bridgehead atoms. The highest BCUT2D eigenvalue weighted by molar-refractivity contribution is 8.00. The number of phenolic OH excluding ortho intramolecular Hbond substituents is 1. The average molecular weight is 299 g/mol. The summed E-state index contributed by atoms with van der Waals surface area (Å²) in [5.74, 6) is 2.59. The molecule has 19 heavy (non-hydrogen) atoms. The van der Waals surface area contributed by atoms with Crippen LogP contribution in [0, 0.1) is 0 Å². The van der Waals surface area contributed by atoms with Crippen LogP contribution in [0.15, 0.2) is 21.9 Å². The van der Waals surface area contributed by atoms with Crippen molar-refractivity contribution in [3.8, 4) is 5.75 Å². The van der Waals surface area contributed by atoms with Crippen molar-refractivity contribution in [3.05, 3.63) is 17.7 Å². The second kappa shape index (κ2) is 7.49. The van der Waals surface area contributed by atoms with E-state index < -0.39 is 0 Å². The first kappa shape index (κ1) is 16.8. The minimum absolute atomic E-state index is 0.122. The fraction of sp³-hybridized carbons (Fsp3) is 0.625. The molecule has 1 N–H and O–H groups in total. The van der Waals surface area contributed by atoms with Crippen molar-refractivity contribution in [2.45, 2.75) is 62.7 Å².